The second-order valence-corrected chi connectivity index (χ2v) is 5.15. The molecule has 0 bridgehead atoms. The molecule has 0 spiro atoms. The molecule has 1 aromatic carbocycles. The van der Waals surface area contributed by atoms with Gasteiger partial charge >= 0.3 is 0 Å². The van der Waals surface area contributed by atoms with Gasteiger partial charge in [0.2, 0.25) is 0 Å². The Morgan fingerprint density at radius 1 is 1.41 bits per heavy atom. The van der Waals surface area contributed by atoms with E-state index >= 15 is 0 Å². The Balaban J connectivity index is 3.37. The van der Waals surface area contributed by atoms with Crippen molar-refractivity contribution >= 4 is 5.69 Å². The van der Waals surface area contributed by atoms with E-state index in [0.29, 0.717) is 11.5 Å². The monoisotopic (exact) mass is 238 g/mol. The molecule has 0 saturated carbocycles. The fraction of sp³-hybridized carbons (Fsp3) is 0.462. The molecule has 0 aliphatic heterocycles. The summed E-state index contributed by atoms with van der Waals surface area (Å²) < 4.78 is 12.8. The Kier molecular flexibility index (Phi) is 3.86. The maximum atomic E-state index is 12.8. The lowest BCUT2D eigenvalue weighted by molar-refractivity contribution is -0.384. The van der Waals surface area contributed by atoms with Gasteiger partial charge in [-0.15, -0.1) is 0 Å². The van der Waals surface area contributed by atoms with Crippen molar-refractivity contribution in [3.8, 4) is 0 Å². The van der Waals surface area contributed by atoms with Crippen molar-refractivity contribution in [1.29, 1.82) is 0 Å². The molecular formula is C13H17FNO2. The van der Waals surface area contributed by atoms with Crippen LogP contribution in [0.15, 0.2) is 18.2 Å². The molecular weight excluding hydrogens is 221 g/mol. The highest BCUT2D eigenvalue weighted by Gasteiger charge is 2.23. The highest BCUT2D eigenvalue weighted by atomic mass is 19.1. The van der Waals surface area contributed by atoms with Gasteiger partial charge in [0, 0.05) is 18.1 Å². The van der Waals surface area contributed by atoms with Gasteiger partial charge in [0.1, 0.15) is 0 Å². The minimum atomic E-state index is -0.593. The Bertz CT molecular complexity index is 424. The lowest BCUT2D eigenvalue weighted by Crippen LogP contribution is -2.16. The molecule has 1 radical (unpaired) electrons. The molecule has 17 heavy (non-hydrogen) atoms. The highest BCUT2D eigenvalue weighted by molar-refractivity contribution is 5.48. The molecule has 0 N–H and O–H groups in total. The zero-order valence-electron chi connectivity index (χ0n) is 10.6. The van der Waals surface area contributed by atoms with Crippen LogP contribution < -0.4 is 0 Å². The maximum absolute atomic E-state index is 12.8. The highest BCUT2D eigenvalue weighted by Crippen LogP contribution is 2.32. The van der Waals surface area contributed by atoms with Crippen LogP contribution in [0.2, 0.25) is 0 Å². The molecule has 1 aromatic rings. The molecule has 0 unspecified atom stereocenters. The number of halogens is 1. The van der Waals surface area contributed by atoms with E-state index in [2.05, 4.69) is 0 Å². The molecule has 1 rings (SSSR count). The van der Waals surface area contributed by atoms with Crippen LogP contribution in [0.1, 0.15) is 38.8 Å². The van der Waals surface area contributed by atoms with Crippen LogP contribution >= 0.6 is 0 Å². The van der Waals surface area contributed by atoms with Crippen LogP contribution in [0.5, 0.6) is 0 Å². The average Bonchev–Trinajstić information content (AvgIpc) is 2.25. The first-order chi connectivity index (χ1) is 7.77. The summed E-state index contributed by atoms with van der Waals surface area (Å²) >= 11 is 0. The molecule has 0 aromatic heterocycles. The summed E-state index contributed by atoms with van der Waals surface area (Å²) in [6.45, 7) is 7.08. The van der Waals surface area contributed by atoms with Crippen molar-refractivity contribution in [2.24, 2.45) is 0 Å². The molecule has 0 fully saturated rings. The first-order valence-electron chi connectivity index (χ1n) is 5.45. The van der Waals surface area contributed by atoms with Gasteiger partial charge in [-0.25, -0.2) is 0 Å². The zero-order valence-corrected chi connectivity index (χ0v) is 10.6. The number of hydrogen-bond donors (Lipinski definition) is 0. The lowest BCUT2D eigenvalue weighted by atomic mass is 9.80. The van der Waals surface area contributed by atoms with E-state index in [1.54, 1.807) is 13.0 Å². The van der Waals surface area contributed by atoms with Gasteiger partial charge in [-0.1, -0.05) is 33.8 Å². The summed E-state index contributed by atoms with van der Waals surface area (Å²) in [5.41, 5.74) is 1.41. The predicted octanol–water partition coefficient (Wildman–Crippen LogP) is 3.80. The van der Waals surface area contributed by atoms with Gasteiger partial charge in [0.05, 0.1) is 11.6 Å². The number of benzene rings is 1. The summed E-state index contributed by atoms with van der Waals surface area (Å²) in [6, 6.07) is 4.64. The van der Waals surface area contributed by atoms with Crippen LogP contribution in [0.4, 0.5) is 10.1 Å². The van der Waals surface area contributed by atoms with Crippen LogP contribution in [0.25, 0.3) is 0 Å². The quantitative estimate of drug-likeness (QED) is 0.593. The smallest absolute Gasteiger partial charge is 0.258 e. The zero-order chi connectivity index (χ0) is 13.2. The number of nitro benzene ring substituents is 1. The van der Waals surface area contributed by atoms with E-state index in [1.165, 1.54) is 12.1 Å². The summed E-state index contributed by atoms with van der Waals surface area (Å²) in [5.74, 6) is 0.527. The van der Waals surface area contributed by atoms with Gasteiger partial charge in [-0.3, -0.25) is 14.5 Å². The fourth-order valence-corrected chi connectivity index (χ4v) is 1.72. The second kappa shape index (κ2) is 4.82. The molecule has 0 heterocycles. The number of rotatable bonds is 3. The Labute approximate surface area is 101 Å². The van der Waals surface area contributed by atoms with E-state index in [9.17, 15) is 14.5 Å². The average molecular weight is 238 g/mol. The summed E-state index contributed by atoms with van der Waals surface area (Å²) in [4.78, 5) is 10.3. The summed E-state index contributed by atoms with van der Waals surface area (Å²) in [5, 5.41) is 10.7. The molecule has 0 saturated heterocycles. The van der Waals surface area contributed by atoms with Gasteiger partial charge in [0.15, 0.2) is 0 Å². The molecule has 3 nitrogen and oxygen atoms in total. The van der Waals surface area contributed by atoms with E-state index in [1.807, 2.05) is 20.8 Å². The minimum absolute atomic E-state index is 0.000741. The number of hydrogen-bond acceptors (Lipinski definition) is 2. The first kappa shape index (κ1) is 13.6. The predicted molar refractivity (Wildman–Crippen MR) is 65.8 cm³/mol. The third-order valence-corrected chi connectivity index (χ3v) is 2.68. The number of non-ortho nitro benzene ring substituents is 1. The van der Waals surface area contributed by atoms with Crippen molar-refractivity contribution in [2.45, 2.75) is 33.1 Å². The Morgan fingerprint density at radius 3 is 2.41 bits per heavy atom. The normalized spacial score (nSPS) is 11.9. The van der Waals surface area contributed by atoms with Crippen LogP contribution in [0.3, 0.4) is 0 Å². The molecule has 0 aliphatic carbocycles. The first-order valence-corrected chi connectivity index (χ1v) is 5.45. The van der Waals surface area contributed by atoms with Gasteiger partial charge in [-0.05, 0) is 16.5 Å². The van der Waals surface area contributed by atoms with E-state index in [0.717, 1.165) is 5.56 Å². The SMILES string of the molecule is C[C](CF)c1cc([N+](=O)[O-])ccc1C(C)(C)C. The van der Waals surface area contributed by atoms with Crippen molar-refractivity contribution < 1.29 is 9.31 Å². The maximum Gasteiger partial charge on any atom is 0.269 e. The van der Waals surface area contributed by atoms with Gasteiger partial charge in [-0.2, -0.15) is 0 Å². The standard InChI is InChI=1S/C13H17FNO2/c1-9(8-14)11-7-10(15(16)17)5-6-12(11)13(2,3)4/h5-7H,8H2,1-4H3. The van der Waals surface area contributed by atoms with Crippen molar-refractivity contribution in [3.63, 3.8) is 0 Å². The molecule has 0 atom stereocenters. The van der Waals surface area contributed by atoms with Gasteiger partial charge < -0.3 is 0 Å². The van der Waals surface area contributed by atoms with Crippen LogP contribution in [-0.2, 0) is 5.41 Å². The molecule has 93 valence electrons. The third-order valence-electron chi connectivity index (χ3n) is 2.68. The van der Waals surface area contributed by atoms with E-state index in [-0.39, 0.29) is 11.1 Å². The van der Waals surface area contributed by atoms with Crippen molar-refractivity contribution in [1.82, 2.24) is 0 Å². The summed E-state index contributed by atoms with van der Waals surface area (Å²) in [6.07, 6.45) is 0. The molecule has 0 amide bonds. The molecule has 4 heteroatoms. The van der Waals surface area contributed by atoms with Crippen LogP contribution in [0, 0.1) is 16.0 Å². The number of alkyl halides is 1. The topological polar surface area (TPSA) is 43.1 Å². The third kappa shape index (κ3) is 3.02. The van der Waals surface area contributed by atoms with Crippen LogP contribution in [-0.4, -0.2) is 11.6 Å². The fourth-order valence-electron chi connectivity index (χ4n) is 1.72. The number of nitro groups is 1. The second-order valence-electron chi connectivity index (χ2n) is 5.15. The van der Waals surface area contributed by atoms with Crippen molar-refractivity contribution in [2.75, 3.05) is 6.67 Å². The van der Waals surface area contributed by atoms with E-state index in [4.69, 9.17) is 0 Å². The van der Waals surface area contributed by atoms with E-state index < -0.39 is 11.6 Å². The Morgan fingerprint density at radius 2 is 2.00 bits per heavy atom. The van der Waals surface area contributed by atoms with Crippen molar-refractivity contribution in [3.05, 3.63) is 45.4 Å². The lowest BCUT2D eigenvalue weighted by Gasteiger charge is -2.24. The minimum Gasteiger partial charge on any atom is -0.258 e. The van der Waals surface area contributed by atoms with Gasteiger partial charge in [0.25, 0.3) is 5.69 Å². The number of nitrogens with zero attached hydrogens (tertiary/aromatic N) is 1. The largest absolute Gasteiger partial charge is 0.269 e. The Hall–Kier alpha value is -1.45. The molecule has 0 aliphatic rings. The summed E-state index contributed by atoms with van der Waals surface area (Å²) in [7, 11) is 0.